The molecule has 3 aromatic heterocycles. The van der Waals surface area contributed by atoms with Gasteiger partial charge in [-0.3, -0.25) is 4.57 Å². The Morgan fingerprint density at radius 2 is 1.04 bits per heavy atom. The predicted molar refractivity (Wildman–Crippen MR) is 235 cm³/mol. The van der Waals surface area contributed by atoms with Crippen LogP contribution in [0.5, 0.6) is 0 Å². The Balaban J connectivity index is 1.19. The Morgan fingerprint density at radius 3 is 1.84 bits per heavy atom. The average molecular weight is 732 g/mol. The molecule has 4 heterocycles. The second kappa shape index (κ2) is 12.4. The van der Waals surface area contributed by atoms with Crippen molar-refractivity contribution in [1.82, 2.24) is 14.5 Å². The minimum Gasteiger partial charge on any atom is -0.456 e. The molecule has 0 bridgehead atoms. The van der Waals surface area contributed by atoms with Crippen LogP contribution in [0, 0.1) is 0 Å². The third-order valence-corrected chi connectivity index (χ3v) is 11.4. The summed E-state index contributed by atoms with van der Waals surface area (Å²) >= 11 is 0. The Bertz CT molecular complexity index is 3440. The lowest BCUT2D eigenvalue weighted by atomic mass is 10.0. The summed E-state index contributed by atoms with van der Waals surface area (Å²) in [6.07, 6.45) is -0.639. The summed E-state index contributed by atoms with van der Waals surface area (Å²) in [7, 11) is 0. The number of nitrogens with zero attached hydrogens (tertiary/aromatic N) is 4. The molecule has 0 fully saturated rings. The highest BCUT2D eigenvalue weighted by molar-refractivity contribution is 6.25. The van der Waals surface area contributed by atoms with Gasteiger partial charge in [0.15, 0.2) is 0 Å². The molecule has 11 aromatic rings. The first-order valence-corrected chi connectivity index (χ1v) is 19.3. The number of hydrogen-bond acceptors (Lipinski definition) is 4. The molecule has 1 aliphatic rings. The van der Waals surface area contributed by atoms with Crippen molar-refractivity contribution in [1.29, 1.82) is 0 Å². The minimum absolute atomic E-state index is 0.639. The minimum atomic E-state index is -0.639. The lowest BCUT2D eigenvalue weighted by molar-refractivity contribution is 0.576. The number of rotatable bonds is 5. The lowest BCUT2D eigenvalue weighted by Gasteiger charge is -2.24. The van der Waals surface area contributed by atoms with E-state index in [0.717, 1.165) is 88.8 Å². The summed E-state index contributed by atoms with van der Waals surface area (Å²) in [4.78, 5) is 11.0. The summed E-state index contributed by atoms with van der Waals surface area (Å²) in [5, 5.41) is 10.4. The van der Waals surface area contributed by atoms with Crippen molar-refractivity contribution in [2.45, 2.75) is 6.29 Å². The van der Waals surface area contributed by atoms with Gasteiger partial charge < -0.3 is 14.3 Å². The number of aliphatic imine (C=N–C) groups is 2. The van der Waals surface area contributed by atoms with Gasteiger partial charge in [0.25, 0.3) is 0 Å². The van der Waals surface area contributed by atoms with Crippen LogP contribution in [0.1, 0.15) is 17.4 Å². The third kappa shape index (κ3) is 4.84. The van der Waals surface area contributed by atoms with E-state index in [1.807, 2.05) is 30.3 Å². The Labute approximate surface area is 327 Å². The van der Waals surface area contributed by atoms with Gasteiger partial charge in [-0.05, 0) is 47.5 Å². The fraction of sp³-hybridized carbons (Fsp3) is 0.0196. The second-order valence-electron chi connectivity index (χ2n) is 14.6. The average Bonchev–Trinajstić information content (AvgIpc) is 3.95. The van der Waals surface area contributed by atoms with Crippen LogP contribution in [-0.4, -0.2) is 20.8 Å². The molecule has 1 atom stereocenters. The second-order valence-corrected chi connectivity index (χ2v) is 14.6. The van der Waals surface area contributed by atoms with Gasteiger partial charge in [-0.25, -0.2) is 9.98 Å². The van der Waals surface area contributed by atoms with E-state index in [4.69, 9.17) is 14.4 Å². The molecule has 1 unspecified atom stereocenters. The van der Waals surface area contributed by atoms with Crippen molar-refractivity contribution in [2.75, 3.05) is 0 Å². The quantitative estimate of drug-likeness (QED) is 0.192. The summed E-state index contributed by atoms with van der Waals surface area (Å²) in [5.74, 6) is 1.49. The Morgan fingerprint density at radius 1 is 0.439 bits per heavy atom. The highest BCUT2D eigenvalue weighted by Crippen LogP contribution is 2.43. The Hall–Kier alpha value is -7.70. The van der Waals surface area contributed by atoms with Crippen molar-refractivity contribution < 1.29 is 4.42 Å². The number of aromatic nitrogens is 2. The fourth-order valence-corrected chi connectivity index (χ4v) is 8.90. The normalized spacial score (nSPS) is 14.5. The van der Waals surface area contributed by atoms with Gasteiger partial charge in [-0.1, -0.05) is 152 Å². The molecule has 1 N–H and O–H groups in total. The standard InChI is InChI=1S/C51H33N5O/c1-3-15-32(16-4-1)34-19-13-20-35(31-34)55-42-25-10-7-21-36(42)38-29-30-39-37-22-8-11-26-43(37)56(48(39)47(38)55)51-53-49(33-17-5-2-6-18-33)52-50(54-51)41-24-14-28-45-46(41)40-23-9-12-27-44(40)57-45/h1-31,51H,(H,52,53,54). The van der Waals surface area contributed by atoms with E-state index in [0.29, 0.717) is 0 Å². The maximum atomic E-state index is 6.36. The molecule has 6 nitrogen and oxygen atoms in total. The number of para-hydroxylation sites is 3. The van der Waals surface area contributed by atoms with Crippen molar-refractivity contribution in [3.8, 4) is 16.8 Å². The van der Waals surface area contributed by atoms with Crippen molar-refractivity contribution in [2.24, 2.45) is 9.98 Å². The smallest absolute Gasteiger partial charge is 0.225 e. The zero-order valence-electron chi connectivity index (χ0n) is 30.7. The monoisotopic (exact) mass is 731 g/mol. The molecule has 6 heteroatoms. The Kier molecular flexibility index (Phi) is 6.89. The van der Waals surface area contributed by atoms with Gasteiger partial charge in [-0.15, -0.1) is 0 Å². The van der Waals surface area contributed by atoms with Gasteiger partial charge in [0, 0.05) is 49.1 Å². The number of hydrogen-bond donors (Lipinski definition) is 1. The number of amidine groups is 2. The highest BCUT2D eigenvalue weighted by atomic mass is 16.3. The van der Waals surface area contributed by atoms with E-state index in [2.05, 4.69) is 172 Å². The van der Waals surface area contributed by atoms with Crippen LogP contribution in [0.25, 0.3) is 82.4 Å². The molecule has 268 valence electrons. The molecular weight excluding hydrogens is 699 g/mol. The van der Waals surface area contributed by atoms with Crippen molar-refractivity contribution in [3.05, 3.63) is 199 Å². The highest BCUT2D eigenvalue weighted by Gasteiger charge is 2.28. The number of furan rings is 1. The molecule has 0 saturated heterocycles. The number of fused-ring (bicyclic) bond motifs is 10. The maximum absolute atomic E-state index is 6.36. The first kappa shape index (κ1) is 31.6. The van der Waals surface area contributed by atoms with Gasteiger partial charge in [0.05, 0.1) is 22.1 Å². The molecule has 8 aromatic carbocycles. The van der Waals surface area contributed by atoms with Crippen LogP contribution in [-0.2, 0) is 0 Å². The summed E-state index contributed by atoms with van der Waals surface area (Å²) in [6, 6.07) is 66.1. The van der Waals surface area contributed by atoms with Crippen LogP contribution in [0.3, 0.4) is 0 Å². The largest absolute Gasteiger partial charge is 0.456 e. The third-order valence-electron chi connectivity index (χ3n) is 11.4. The van der Waals surface area contributed by atoms with E-state index >= 15 is 0 Å². The van der Waals surface area contributed by atoms with Crippen LogP contribution in [0.2, 0.25) is 0 Å². The summed E-state index contributed by atoms with van der Waals surface area (Å²) < 4.78 is 11.1. The first-order valence-electron chi connectivity index (χ1n) is 19.3. The zero-order valence-corrected chi connectivity index (χ0v) is 30.7. The van der Waals surface area contributed by atoms with Crippen LogP contribution < -0.4 is 5.32 Å². The van der Waals surface area contributed by atoms with Gasteiger partial charge >= 0.3 is 0 Å². The fourth-order valence-electron chi connectivity index (χ4n) is 8.90. The molecule has 0 amide bonds. The van der Waals surface area contributed by atoms with Crippen molar-refractivity contribution >= 4 is 77.2 Å². The molecule has 12 rings (SSSR count). The van der Waals surface area contributed by atoms with Gasteiger partial charge in [0.1, 0.15) is 22.8 Å². The van der Waals surface area contributed by atoms with E-state index in [1.54, 1.807) is 0 Å². The molecule has 57 heavy (non-hydrogen) atoms. The van der Waals surface area contributed by atoms with Crippen LogP contribution in [0.4, 0.5) is 0 Å². The maximum Gasteiger partial charge on any atom is 0.225 e. The number of nitrogens with one attached hydrogen (secondary N) is 1. The lowest BCUT2D eigenvalue weighted by Crippen LogP contribution is -2.37. The number of benzene rings is 8. The van der Waals surface area contributed by atoms with Crippen molar-refractivity contribution in [3.63, 3.8) is 0 Å². The molecule has 0 aliphatic carbocycles. The van der Waals surface area contributed by atoms with Gasteiger partial charge in [-0.2, -0.15) is 0 Å². The zero-order chi connectivity index (χ0) is 37.5. The molecule has 0 radical (unpaired) electrons. The van der Waals surface area contributed by atoms with E-state index in [-0.39, 0.29) is 0 Å². The van der Waals surface area contributed by atoms with Crippen LogP contribution in [0.15, 0.2) is 202 Å². The van der Waals surface area contributed by atoms with E-state index < -0.39 is 6.29 Å². The van der Waals surface area contributed by atoms with E-state index in [1.165, 1.54) is 16.3 Å². The first-order chi connectivity index (χ1) is 28.3. The topological polar surface area (TPSA) is 59.8 Å². The predicted octanol–water partition coefficient (Wildman–Crippen LogP) is 12.4. The van der Waals surface area contributed by atoms with Gasteiger partial charge in [0.2, 0.25) is 6.29 Å². The van der Waals surface area contributed by atoms with Crippen LogP contribution >= 0.6 is 0 Å². The molecule has 0 saturated carbocycles. The molecule has 1 aliphatic heterocycles. The molecule has 0 spiro atoms. The summed E-state index contributed by atoms with van der Waals surface area (Å²) in [6.45, 7) is 0. The SMILES string of the molecule is c1ccc(C2=NC(n3c4ccccc4c4ccc5c6ccccc6n(-c6cccc(-c7ccccc7)c6)c5c43)N=C(c3cccc4oc5ccccc5c34)N2)cc1. The summed E-state index contributed by atoms with van der Waals surface area (Å²) in [5.41, 5.74) is 11.4. The molecular formula is C51H33N5O. The van der Waals surface area contributed by atoms with E-state index in [9.17, 15) is 0 Å².